The van der Waals surface area contributed by atoms with Crippen molar-refractivity contribution in [2.45, 2.75) is 25.7 Å². The molecule has 3 aromatic rings. The van der Waals surface area contributed by atoms with Crippen molar-refractivity contribution in [3.8, 4) is 17.2 Å². The van der Waals surface area contributed by atoms with Crippen LogP contribution in [0.1, 0.15) is 24.1 Å². The number of aryl methyl sites for hydroxylation is 1. The summed E-state index contributed by atoms with van der Waals surface area (Å²) in [7, 11) is 3.12. The molecule has 2 aromatic carbocycles. The molecule has 0 radical (unpaired) electrons. The summed E-state index contributed by atoms with van der Waals surface area (Å²) in [4.78, 5) is 27.7. The maximum Gasteiger partial charge on any atom is 0.230 e. The van der Waals surface area contributed by atoms with E-state index < -0.39 is 5.92 Å². The lowest BCUT2D eigenvalue weighted by Crippen LogP contribution is -2.29. The third-order valence-corrected chi connectivity index (χ3v) is 6.32. The summed E-state index contributed by atoms with van der Waals surface area (Å²) in [5, 5.41) is 7.86. The van der Waals surface area contributed by atoms with E-state index in [2.05, 4.69) is 5.32 Å². The molecule has 0 saturated carbocycles. The number of methoxy groups -OCH3 is 2. The van der Waals surface area contributed by atoms with Crippen LogP contribution in [0, 0.1) is 5.92 Å². The molecule has 0 bridgehead atoms. The minimum atomic E-state index is -0.457. The first kappa shape index (κ1) is 21.1. The van der Waals surface area contributed by atoms with Gasteiger partial charge in [0.2, 0.25) is 11.8 Å². The van der Waals surface area contributed by atoms with E-state index >= 15 is 0 Å². The van der Waals surface area contributed by atoms with Gasteiger partial charge in [-0.1, -0.05) is 18.2 Å². The topological polar surface area (TPSA) is 85.7 Å². The van der Waals surface area contributed by atoms with Crippen LogP contribution in [0.15, 0.2) is 48.5 Å². The molecule has 2 amide bonds. The molecule has 8 heteroatoms. The molecule has 1 fully saturated rings. The van der Waals surface area contributed by atoms with Gasteiger partial charge in [-0.25, -0.2) is 4.68 Å². The first-order valence-electron chi connectivity index (χ1n) is 11.1. The van der Waals surface area contributed by atoms with Crippen molar-refractivity contribution in [3.05, 3.63) is 59.8 Å². The molecule has 1 aliphatic heterocycles. The van der Waals surface area contributed by atoms with Crippen LogP contribution in [0.2, 0.25) is 0 Å². The number of hydrogen-bond acceptors (Lipinski definition) is 5. The Morgan fingerprint density at radius 2 is 1.82 bits per heavy atom. The van der Waals surface area contributed by atoms with Crippen molar-refractivity contribution >= 4 is 23.3 Å². The van der Waals surface area contributed by atoms with E-state index in [1.165, 1.54) is 0 Å². The first-order chi connectivity index (χ1) is 16.1. The number of carbonyl (C=O) groups excluding carboxylic acids is 2. The Morgan fingerprint density at radius 1 is 1.03 bits per heavy atom. The molecule has 1 atom stereocenters. The third kappa shape index (κ3) is 3.82. The van der Waals surface area contributed by atoms with Crippen LogP contribution in [-0.2, 0) is 22.4 Å². The first-order valence-corrected chi connectivity index (χ1v) is 11.1. The van der Waals surface area contributed by atoms with Crippen molar-refractivity contribution < 1.29 is 19.1 Å². The normalized spacial score (nSPS) is 17.2. The van der Waals surface area contributed by atoms with Crippen LogP contribution >= 0.6 is 0 Å². The number of rotatable bonds is 6. The summed E-state index contributed by atoms with van der Waals surface area (Å²) in [5.74, 6) is 1.13. The van der Waals surface area contributed by atoms with Gasteiger partial charge in [-0.15, -0.1) is 0 Å². The van der Waals surface area contributed by atoms with E-state index in [9.17, 15) is 9.59 Å². The van der Waals surface area contributed by atoms with Gasteiger partial charge in [0.05, 0.1) is 31.5 Å². The Morgan fingerprint density at radius 3 is 2.58 bits per heavy atom. The fourth-order valence-corrected chi connectivity index (χ4v) is 4.62. The fourth-order valence-electron chi connectivity index (χ4n) is 4.62. The molecular formula is C25H26N4O4. The lowest BCUT2D eigenvalue weighted by molar-refractivity contribution is -0.122. The second kappa shape index (κ2) is 8.61. The molecule has 33 heavy (non-hydrogen) atoms. The van der Waals surface area contributed by atoms with Crippen molar-refractivity contribution in [2.24, 2.45) is 5.92 Å². The molecule has 5 rings (SSSR count). The zero-order valence-corrected chi connectivity index (χ0v) is 18.7. The average molecular weight is 447 g/mol. The molecule has 1 saturated heterocycles. The highest BCUT2D eigenvalue weighted by Crippen LogP contribution is 2.35. The Hall–Kier alpha value is -3.81. The Labute approximate surface area is 192 Å². The third-order valence-electron chi connectivity index (χ3n) is 6.32. The highest BCUT2D eigenvalue weighted by Gasteiger charge is 2.36. The molecule has 0 spiro atoms. The van der Waals surface area contributed by atoms with Gasteiger partial charge in [-0.3, -0.25) is 9.59 Å². The van der Waals surface area contributed by atoms with Gasteiger partial charge in [0.25, 0.3) is 0 Å². The van der Waals surface area contributed by atoms with Gasteiger partial charge in [-0.2, -0.15) is 5.10 Å². The van der Waals surface area contributed by atoms with Crippen LogP contribution in [0.3, 0.4) is 0 Å². The van der Waals surface area contributed by atoms with Gasteiger partial charge in [0, 0.05) is 30.3 Å². The maximum absolute atomic E-state index is 13.3. The number of nitrogens with zero attached hydrogens (tertiary/aromatic N) is 3. The monoisotopic (exact) mass is 446 g/mol. The second-order valence-electron chi connectivity index (χ2n) is 8.31. The molecule has 2 heterocycles. The van der Waals surface area contributed by atoms with Crippen LogP contribution < -0.4 is 19.7 Å². The maximum atomic E-state index is 13.3. The summed E-state index contributed by atoms with van der Waals surface area (Å²) in [6.45, 7) is 0.307. The molecule has 1 unspecified atom stereocenters. The second-order valence-corrected chi connectivity index (χ2v) is 8.31. The van der Waals surface area contributed by atoms with E-state index in [1.807, 2.05) is 35.0 Å². The Kier molecular flexibility index (Phi) is 5.50. The van der Waals surface area contributed by atoms with Crippen molar-refractivity contribution in [1.82, 2.24) is 9.78 Å². The highest BCUT2D eigenvalue weighted by molar-refractivity contribution is 6.03. The Balaban J connectivity index is 1.37. The zero-order valence-electron chi connectivity index (χ0n) is 18.7. The summed E-state index contributed by atoms with van der Waals surface area (Å²) >= 11 is 0. The van der Waals surface area contributed by atoms with Gasteiger partial charge >= 0.3 is 0 Å². The van der Waals surface area contributed by atoms with Gasteiger partial charge < -0.3 is 19.7 Å². The zero-order chi connectivity index (χ0) is 22.9. The molecule has 8 nitrogen and oxygen atoms in total. The minimum absolute atomic E-state index is 0.0934. The standard InChI is InChI=1S/C25H26N4O4/c1-32-21-12-11-18(14-22(21)33-2)28-15-16(13-23(28)30)25(31)26-24-19-9-6-10-20(19)27-29(24)17-7-4-3-5-8-17/h3-5,7-8,11-12,14,16H,6,9-10,13,15H2,1-2H3,(H,26,31). The van der Waals surface area contributed by atoms with E-state index in [0.29, 0.717) is 23.7 Å². The van der Waals surface area contributed by atoms with Crippen molar-refractivity contribution in [2.75, 3.05) is 31.0 Å². The molecule has 1 N–H and O–H groups in total. The molecule has 1 aromatic heterocycles. The summed E-state index contributed by atoms with van der Waals surface area (Å²) in [5.41, 5.74) is 3.71. The smallest absolute Gasteiger partial charge is 0.230 e. The van der Waals surface area contributed by atoms with Crippen molar-refractivity contribution in [1.29, 1.82) is 0 Å². The predicted octanol–water partition coefficient (Wildman–Crippen LogP) is 3.37. The summed E-state index contributed by atoms with van der Waals surface area (Å²) < 4.78 is 12.5. The summed E-state index contributed by atoms with van der Waals surface area (Å²) in [6.07, 6.45) is 2.99. The van der Waals surface area contributed by atoms with E-state index in [4.69, 9.17) is 14.6 Å². The molecule has 170 valence electrons. The van der Waals surface area contributed by atoms with E-state index in [-0.39, 0.29) is 18.2 Å². The van der Waals surface area contributed by atoms with E-state index in [0.717, 1.165) is 42.0 Å². The minimum Gasteiger partial charge on any atom is -0.493 e. The number of hydrogen-bond donors (Lipinski definition) is 1. The Bertz CT molecular complexity index is 1200. The molecular weight excluding hydrogens is 420 g/mol. The largest absolute Gasteiger partial charge is 0.493 e. The molecule has 1 aliphatic carbocycles. The highest BCUT2D eigenvalue weighted by atomic mass is 16.5. The predicted molar refractivity (Wildman–Crippen MR) is 124 cm³/mol. The number of anilines is 2. The molecule has 2 aliphatic rings. The van der Waals surface area contributed by atoms with Crippen LogP contribution in [-0.4, -0.2) is 42.4 Å². The lowest BCUT2D eigenvalue weighted by Gasteiger charge is -2.19. The quantitative estimate of drug-likeness (QED) is 0.628. The lowest BCUT2D eigenvalue weighted by atomic mass is 10.1. The number of fused-ring (bicyclic) bond motifs is 1. The number of amides is 2. The number of aromatic nitrogens is 2. The number of carbonyl (C=O) groups is 2. The number of nitrogens with one attached hydrogen (secondary N) is 1. The van der Waals surface area contributed by atoms with Crippen LogP contribution in [0.4, 0.5) is 11.5 Å². The average Bonchev–Trinajstić information content (AvgIpc) is 3.55. The van der Waals surface area contributed by atoms with E-state index in [1.54, 1.807) is 37.3 Å². The fraction of sp³-hybridized carbons (Fsp3) is 0.320. The SMILES string of the molecule is COc1ccc(N2CC(C(=O)Nc3c4c(nn3-c3ccccc3)CCC4)CC2=O)cc1OC. The number of ether oxygens (including phenoxy) is 2. The summed E-state index contributed by atoms with van der Waals surface area (Å²) in [6, 6.07) is 15.1. The number of benzene rings is 2. The van der Waals surface area contributed by atoms with Crippen molar-refractivity contribution in [3.63, 3.8) is 0 Å². The van der Waals surface area contributed by atoms with Gasteiger partial charge in [0.1, 0.15) is 5.82 Å². The van der Waals surface area contributed by atoms with Crippen LogP contribution in [0.5, 0.6) is 11.5 Å². The van der Waals surface area contributed by atoms with Gasteiger partial charge in [-0.05, 0) is 43.5 Å². The van der Waals surface area contributed by atoms with Gasteiger partial charge in [0.15, 0.2) is 11.5 Å². The number of para-hydroxylation sites is 1. The van der Waals surface area contributed by atoms with Crippen LogP contribution in [0.25, 0.3) is 5.69 Å².